The first-order valence-electron chi connectivity index (χ1n) is 7.60. The molecular formula is C18H23N3O3. The van der Waals surface area contributed by atoms with Crippen molar-refractivity contribution in [3.8, 4) is 11.5 Å². The zero-order chi connectivity index (χ0) is 17.7. The number of rotatable bonds is 5. The summed E-state index contributed by atoms with van der Waals surface area (Å²) in [6, 6.07) is 9.13. The second-order valence-electron chi connectivity index (χ2n) is 6.33. The molecule has 1 heterocycles. The van der Waals surface area contributed by atoms with E-state index in [0.29, 0.717) is 23.0 Å². The Balaban J connectivity index is 2.08. The van der Waals surface area contributed by atoms with Gasteiger partial charge in [-0.2, -0.15) is 0 Å². The van der Waals surface area contributed by atoms with Gasteiger partial charge in [0.1, 0.15) is 5.82 Å². The summed E-state index contributed by atoms with van der Waals surface area (Å²) >= 11 is 0. The lowest BCUT2D eigenvalue weighted by molar-refractivity contribution is -0.123. The minimum Gasteiger partial charge on any atom is -0.493 e. The molecule has 2 rings (SSSR count). The number of carbonyl (C=O) groups is 1. The fourth-order valence-corrected chi connectivity index (χ4v) is 1.92. The first-order valence-corrected chi connectivity index (χ1v) is 7.60. The number of hydrogen-bond donors (Lipinski definition) is 2. The van der Waals surface area contributed by atoms with Crippen LogP contribution in [-0.4, -0.2) is 25.1 Å². The average molecular weight is 329 g/mol. The van der Waals surface area contributed by atoms with Crippen molar-refractivity contribution in [2.75, 3.05) is 24.9 Å². The van der Waals surface area contributed by atoms with Gasteiger partial charge in [0, 0.05) is 17.2 Å². The van der Waals surface area contributed by atoms with E-state index in [1.165, 1.54) is 0 Å². The number of benzene rings is 1. The number of anilines is 3. The predicted octanol–water partition coefficient (Wildman–Crippen LogP) is 3.83. The van der Waals surface area contributed by atoms with Crippen LogP contribution in [0.25, 0.3) is 0 Å². The maximum atomic E-state index is 12.0. The number of ether oxygens (including phenoxy) is 2. The molecule has 0 spiro atoms. The maximum Gasteiger partial charge on any atom is 0.229 e. The van der Waals surface area contributed by atoms with E-state index in [9.17, 15) is 4.79 Å². The third kappa shape index (κ3) is 4.38. The van der Waals surface area contributed by atoms with E-state index in [4.69, 9.17) is 9.47 Å². The summed E-state index contributed by atoms with van der Waals surface area (Å²) in [5.74, 6) is 1.91. The Bertz CT molecular complexity index is 706. The largest absolute Gasteiger partial charge is 0.493 e. The third-order valence-electron chi connectivity index (χ3n) is 3.36. The van der Waals surface area contributed by atoms with Gasteiger partial charge in [-0.05, 0) is 24.3 Å². The van der Waals surface area contributed by atoms with Gasteiger partial charge in [-0.25, -0.2) is 4.98 Å². The molecule has 0 radical (unpaired) electrons. The van der Waals surface area contributed by atoms with Crippen molar-refractivity contribution >= 4 is 23.1 Å². The normalized spacial score (nSPS) is 10.9. The van der Waals surface area contributed by atoms with E-state index in [0.717, 1.165) is 5.69 Å². The molecule has 6 heteroatoms. The average Bonchev–Trinajstić information content (AvgIpc) is 2.55. The Morgan fingerprint density at radius 2 is 1.67 bits per heavy atom. The maximum absolute atomic E-state index is 12.0. The molecule has 6 nitrogen and oxygen atoms in total. The zero-order valence-corrected chi connectivity index (χ0v) is 14.6. The summed E-state index contributed by atoms with van der Waals surface area (Å²) in [6.07, 6.45) is 1.62. The molecular weight excluding hydrogens is 306 g/mol. The summed E-state index contributed by atoms with van der Waals surface area (Å²) < 4.78 is 10.5. The van der Waals surface area contributed by atoms with Crippen molar-refractivity contribution in [2.45, 2.75) is 20.8 Å². The Labute approximate surface area is 142 Å². The number of amides is 1. The van der Waals surface area contributed by atoms with Gasteiger partial charge in [0.25, 0.3) is 0 Å². The van der Waals surface area contributed by atoms with Gasteiger partial charge in [-0.1, -0.05) is 20.8 Å². The second-order valence-corrected chi connectivity index (χ2v) is 6.33. The molecule has 2 aromatic rings. The molecule has 1 aromatic heterocycles. The van der Waals surface area contributed by atoms with Crippen LogP contribution in [0.3, 0.4) is 0 Å². The van der Waals surface area contributed by atoms with Crippen molar-refractivity contribution in [3.05, 3.63) is 36.5 Å². The fourth-order valence-electron chi connectivity index (χ4n) is 1.92. The second kappa shape index (κ2) is 7.21. The van der Waals surface area contributed by atoms with Crippen molar-refractivity contribution in [1.29, 1.82) is 0 Å². The molecule has 0 aliphatic heterocycles. The van der Waals surface area contributed by atoms with Crippen LogP contribution in [0.1, 0.15) is 20.8 Å². The van der Waals surface area contributed by atoms with Gasteiger partial charge >= 0.3 is 0 Å². The highest BCUT2D eigenvalue weighted by Crippen LogP contribution is 2.30. The van der Waals surface area contributed by atoms with Gasteiger partial charge in [-0.3, -0.25) is 4.79 Å². The zero-order valence-electron chi connectivity index (χ0n) is 14.6. The molecule has 0 unspecified atom stereocenters. The third-order valence-corrected chi connectivity index (χ3v) is 3.36. The van der Waals surface area contributed by atoms with E-state index in [2.05, 4.69) is 15.6 Å². The smallest absolute Gasteiger partial charge is 0.229 e. The number of pyridine rings is 1. The van der Waals surface area contributed by atoms with Crippen LogP contribution in [0.2, 0.25) is 0 Å². The number of hydrogen-bond acceptors (Lipinski definition) is 5. The first kappa shape index (κ1) is 17.6. The van der Waals surface area contributed by atoms with Crippen LogP contribution in [0, 0.1) is 5.41 Å². The summed E-state index contributed by atoms with van der Waals surface area (Å²) in [5, 5.41) is 6.02. The standard InChI is InChI=1S/C18H23N3O3/c1-18(2,3)17(22)21-13-7-9-16(19-11-13)20-12-6-8-14(23-4)15(10-12)24-5/h6-11H,1-5H3,(H,19,20)(H,21,22). The van der Waals surface area contributed by atoms with E-state index in [1.54, 1.807) is 32.5 Å². The molecule has 0 fully saturated rings. The molecule has 0 saturated carbocycles. The number of nitrogens with zero attached hydrogens (tertiary/aromatic N) is 1. The molecule has 24 heavy (non-hydrogen) atoms. The minimum absolute atomic E-state index is 0.0510. The lowest BCUT2D eigenvalue weighted by atomic mass is 9.96. The van der Waals surface area contributed by atoms with Crippen molar-refractivity contribution in [2.24, 2.45) is 5.41 Å². The highest BCUT2D eigenvalue weighted by atomic mass is 16.5. The van der Waals surface area contributed by atoms with Crippen LogP contribution in [0.5, 0.6) is 11.5 Å². The van der Waals surface area contributed by atoms with Crippen LogP contribution >= 0.6 is 0 Å². The summed E-state index contributed by atoms with van der Waals surface area (Å²) in [6.45, 7) is 5.59. The van der Waals surface area contributed by atoms with Gasteiger partial charge in [0.2, 0.25) is 5.91 Å². The summed E-state index contributed by atoms with van der Waals surface area (Å²) in [7, 11) is 3.18. The monoisotopic (exact) mass is 329 g/mol. The number of aromatic nitrogens is 1. The molecule has 128 valence electrons. The van der Waals surface area contributed by atoms with E-state index < -0.39 is 5.41 Å². The Kier molecular flexibility index (Phi) is 5.28. The van der Waals surface area contributed by atoms with Crippen LogP contribution in [-0.2, 0) is 4.79 Å². The molecule has 0 aliphatic rings. The van der Waals surface area contributed by atoms with Crippen LogP contribution in [0.15, 0.2) is 36.5 Å². The lowest BCUT2D eigenvalue weighted by Crippen LogP contribution is -2.27. The first-order chi connectivity index (χ1) is 11.3. The molecule has 2 N–H and O–H groups in total. The van der Waals surface area contributed by atoms with Crippen LogP contribution in [0.4, 0.5) is 17.2 Å². The Morgan fingerprint density at radius 3 is 2.21 bits per heavy atom. The minimum atomic E-state index is -0.448. The summed E-state index contributed by atoms with van der Waals surface area (Å²) in [4.78, 5) is 16.3. The SMILES string of the molecule is COc1ccc(Nc2ccc(NC(=O)C(C)(C)C)cn2)cc1OC. The van der Waals surface area contributed by atoms with Gasteiger partial charge in [-0.15, -0.1) is 0 Å². The fraction of sp³-hybridized carbons (Fsp3) is 0.333. The molecule has 0 saturated heterocycles. The van der Waals surface area contributed by atoms with Crippen molar-refractivity contribution in [3.63, 3.8) is 0 Å². The Hall–Kier alpha value is -2.76. The van der Waals surface area contributed by atoms with Gasteiger partial charge in [0.05, 0.1) is 26.1 Å². The predicted molar refractivity (Wildman–Crippen MR) is 95.2 cm³/mol. The number of carbonyl (C=O) groups excluding carboxylic acids is 1. The molecule has 1 aromatic carbocycles. The van der Waals surface area contributed by atoms with Crippen molar-refractivity contribution in [1.82, 2.24) is 4.98 Å². The van der Waals surface area contributed by atoms with Crippen LogP contribution < -0.4 is 20.1 Å². The number of methoxy groups -OCH3 is 2. The van der Waals surface area contributed by atoms with Gasteiger partial charge in [0.15, 0.2) is 11.5 Å². The topological polar surface area (TPSA) is 72.5 Å². The highest BCUT2D eigenvalue weighted by molar-refractivity contribution is 5.94. The molecule has 0 atom stereocenters. The lowest BCUT2D eigenvalue weighted by Gasteiger charge is -2.17. The summed E-state index contributed by atoms with van der Waals surface area (Å²) in [5.41, 5.74) is 1.04. The Morgan fingerprint density at radius 1 is 1.00 bits per heavy atom. The number of nitrogens with one attached hydrogen (secondary N) is 2. The van der Waals surface area contributed by atoms with E-state index in [1.807, 2.05) is 39.0 Å². The molecule has 1 amide bonds. The quantitative estimate of drug-likeness (QED) is 0.872. The van der Waals surface area contributed by atoms with E-state index >= 15 is 0 Å². The van der Waals surface area contributed by atoms with Gasteiger partial charge < -0.3 is 20.1 Å². The molecule has 0 aliphatic carbocycles. The van der Waals surface area contributed by atoms with Crippen molar-refractivity contribution < 1.29 is 14.3 Å². The molecule has 0 bridgehead atoms. The van der Waals surface area contributed by atoms with E-state index in [-0.39, 0.29) is 5.91 Å². The highest BCUT2D eigenvalue weighted by Gasteiger charge is 2.21.